The van der Waals surface area contributed by atoms with Crippen molar-refractivity contribution < 1.29 is 0 Å². The molecule has 2 aliphatic carbocycles. The van der Waals surface area contributed by atoms with Gasteiger partial charge in [0.25, 0.3) is 0 Å². The minimum Gasteiger partial charge on any atom is -0.316 e. The first-order chi connectivity index (χ1) is 7.08. The quantitative estimate of drug-likeness (QED) is 0.712. The van der Waals surface area contributed by atoms with Gasteiger partial charge in [-0.05, 0) is 57.4 Å². The maximum atomic E-state index is 10.9. The van der Waals surface area contributed by atoms with Crippen molar-refractivity contribution in [2.24, 2.45) is 22.9 Å². The summed E-state index contributed by atoms with van der Waals surface area (Å²) in [6.07, 6.45) is 4.53. The van der Waals surface area contributed by atoms with Crippen LogP contribution in [0.2, 0.25) is 0 Å². The summed E-state index contributed by atoms with van der Waals surface area (Å²) >= 11 is 0. The summed E-state index contributed by atoms with van der Waals surface area (Å²) in [7, 11) is 2.04. The fraction of sp³-hybridized carbons (Fsp3) is 1.00. The smallest absolute Gasteiger partial charge is 0.100 e. The number of nitroso groups, excluding NO2 is 1. The number of fused-ring (bicyclic) bond motifs is 2. The third-order valence-electron chi connectivity index (χ3n) is 4.45. The van der Waals surface area contributed by atoms with E-state index in [1.165, 1.54) is 12.8 Å². The number of nitrogens with zero attached hydrogens (tertiary/aromatic N) is 1. The zero-order valence-electron chi connectivity index (χ0n) is 9.99. The molecule has 2 fully saturated rings. The molecule has 15 heavy (non-hydrogen) atoms. The molecule has 0 aromatic rings. The van der Waals surface area contributed by atoms with Crippen LogP contribution in [0.5, 0.6) is 0 Å². The Morgan fingerprint density at radius 2 is 2.07 bits per heavy atom. The number of rotatable bonds is 2. The van der Waals surface area contributed by atoms with Gasteiger partial charge in [-0.3, -0.25) is 0 Å². The average molecular weight is 210 g/mol. The summed E-state index contributed by atoms with van der Waals surface area (Å²) in [6, 6.07) is 0.586. The molecular formula is C12H22N2O. The van der Waals surface area contributed by atoms with Gasteiger partial charge < -0.3 is 5.32 Å². The van der Waals surface area contributed by atoms with E-state index in [0.717, 1.165) is 24.7 Å². The van der Waals surface area contributed by atoms with Crippen LogP contribution in [0.25, 0.3) is 0 Å². The van der Waals surface area contributed by atoms with Gasteiger partial charge in [-0.2, -0.15) is 4.91 Å². The van der Waals surface area contributed by atoms with Crippen LogP contribution in [0, 0.1) is 22.7 Å². The highest BCUT2D eigenvalue weighted by Gasteiger charge is 2.45. The van der Waals surface area contributed by atoms with Gasteiger partial charge in [-0.15, -0.1) is 0 Å². The van der Waals surface area contributed by atoms with Crippen LogP contribution in [0.15, 0.2) is 5.18 Å². The van der Waals surface area contributed by atoms with Gasteiger partial charge in [0.2, 0.25) is 0 Å². The van der Waals surface area contributed by atoms with Crippen molar-refractivity contribution in [3.05, 3.63) is 4.91 Å². The van der Waals surface area contributed by atoms with E-state index in [-0.39, 0.29) is 5.54 Å². The second-order valence-electron chi connectivity index (χ2n) is 5.89. The third kappa shape index (κ3) is 1.94. The van der Waals surface area contributed by atoms with E-state index in [0.29, 0.717) is 12.0 Å². The minimum atomic E-state index is -0.289. The highest BCUT2D eigenvalue weighted by molar-refractivity contribution is 5.01. The fourth-order valence-electron chi connectivity index (χ4n) is 4.05. The lowest BCUT2D eigenvalue weighted by atomic mass is 9.61. The van der Waals surface area contributed by atoms with E-state index in [1.807, 2.05) is 14.0 Å². The van der Waals surface area contributed by atoms with Gasteiger partial charge in [0.05, 0.1) is 0 Å². The molecule has 0 heterocycles. The fourth-order valence-corrected chi connectivity index (χ4v) is 4.05. The summed E-state index contributed by atoms with van der Waals surface area (Å²) in [5.41, 5.74) is -0.289. The molecule has 3 nitrogen and oxygen atoms in total. The van der Waals surface area contributed by atoms with Crippen molar-refractivity contribution in [2.45, 2.75) is 51.1 Å². The predicted octanol–water partition coefficient (Wildman–Crippen LogP) is 2.56. The zero-order valence-corrected chi connectivity index (χ0v) is 9.99. The first-order valence-electron chi connectivity index (χ1n) is 6.10. The van der Waals surface area contributed by atoms with Crippen LogP contribution in [-0.2, 0) is 0 Å². The molecule has 2 saturated carbocycles. The van der Waals surface area contributed by atoms with E-state index >= 15 is 0 Å². The Balaban J connectivity index is 2.15. The Bertz CT molecular complexity index is 254. The molecule has 5 unspecified atom stereocenters. The molecule has 0 aromatic heterocycles. The van der Waals surface area contributed by atoms with Gasteiger partial charge in [0.1, 0.15) is 5.54 Å². The summed E-state index contributed by atoms with van der Waals surface area (Å²) in [5.74, 6) is 2.13. The Labute approximate surface area is 92.0 Å². The molecule has 0 amide bonds. The van der Waals surface area contributed by atoms with Crippen LogP contribution in [-0.4, -0.2) is 18.6 Å². The molecule has 1 N–H and O–H groups in total. The van der Waals surface area contributed by atoms with E-state index < -0.39 is 0 Å². The SMILES string of the molecule is CNC1C(C)CC2CC1CC(C)(N=O)C2. The van der Waals surface area contributed by atoms with Crippen molar-refractivity contribution in [1.82, 2.24) is 5.32 Å². The third-order valence-corrected chi connectivity index (χ3v) is 4.45. The Morgan fingerprint density at radius 1 is 1.33 bits per heavy atom. The highest BCUT2D eigenvalue weighted by Crippen LogP contribution is 2.47. The van der Waals surface area contributed by atoms with Gasteiger partial charge in [0.15, 0.2) is 0 Å². The minimum absolute atomic E-state index is 0.289. The molecule has 2 rings (SSSR count). The molecular weight excluding hydrogens is 188 g/mol. The Hall–Kier alpha value is -0.440. The predicted molar refractivity (Wildman–Crippen MR) is 61.7 cm³/mol. The second kappa shape index (κ2) is 3.85. The Morgan fingerprint density at radius 3 is 2.67 bits per heavy atom. The van der Waals surface area contributed by atoms with Crippen LogP contribution in [0.1, 0.15) is 39.5 Å². The van der Waals surface area contributed by atoms with E-state index in [4.69, 9.17) is 0 Å². The summed E-state index contributed by atoms with van der Waals surface area (Å²) in [4.78, 5) is 10.9. The van der Waals surface area contributed by atoms with E-state index in [2.05, 4.69) is 17.4 Å². The molecule has 0 spiro atoms. The average Bonchev–Trinajstić information content (AvgIpc) is 2.17. The first-order valence-corrected chi connectivity index (χ1v) is 6.10. The number of hydrogen-bond acceptors (Lipinski definition) is 3. The molecule has 3 heteroatoms. The maximum Gasteiger partial charge on any atom is 0.100 e. The molecule has 0 saturated heterocycles. The number of hydrogen-bond donors (Lipinski definition) is 1. The lowest BCUT2D eigenvalue weighted by Gasteiger charge is -2.48. The molecule has 0 aromatic carbocycles. The zero-order chi connectivity index (χ0) is 11.1. The highest BCUT2D eigenvalue weighted by atomic mass is 16.3. The van der Waals surface area contributed by atoms with Crippen LogP contribution in [0.3, 0.4) is 0 Å². The van der Waals surface area contributed by atoms with Crippen LogP contribution < -0.4 is 5.32 Å². The molecule has 2 aliphatic rings. The van der Waals surface area contributed by atoms with Crippen molar-refractivity contribution >= 4 is 0 Å². The summed E-state index contributed by atoms with van der Waals surface area (Å²) in [5, 5.41) is 6.81. The van der Waals surface area contributed by atoms with Gasteiger partial charge in [0, 0.05) is 6.04 Å². The van der Waals surface area contributed by atoms with Crippen molar-refractivity contribution in [1.29, 1.82) is 0 Å². The summed E-state index contributed by atoms with van der Waals surface area (Å²) in [6.45, 7) is 4.36. The monoisotopic (exact) mass is 210 g/mol. The molecule has 0 radical (unpaired) electrons. The van der Waals surface area contributed by atoms with Gasteiger partial charge >= 0.3 is 0 Å². The number of nitrogens with one attached hydrogen (secondary N) is 1. The molecule has 86 valence electrons. The molecule has 5 atom stereocenters. The Kier molecular flexibility index (Phi) is 2.84. The maximum absolute atomic E-state index is 10.9. The normalized spacial score (nSPS) is 50.1. The lowest BCUT2D eigenvalue weighted by Crippen LogP contribution is -2.51. The van der Waals surface area contributed by atoms with E-state index in [1.54, 1.807) is 0 Å². The van der Waals surface area contributed by atoms with Gasteiger partial charge in [-0.25, -0.2) is 0 Å². The molecule has 2 bridgehead atoms. The van der Waals surface area contributed by atoms with Crippen molar-refractivity contribution in [3.63, 3.8) is 0 Å². The standard InChI is InChI=1S/C12H22N2O/c1-8-4-9-5-10(11(8)13-3)7-12(2,6-9)14-15/h8-11,13H,4-7H2,1-3H3. The van der Waals surface area contributed by atoms with E-state index in [9.17, 15) is 4.91 Å². The largest absolute Gasteiger partial charge is 0.316 e. The van der Waals surface area contributed by atoms with Crippen LogP contribution >= 0.6 is 0 Å². The van der Waals surface area contributed by atoms with Gasteiger partial charge in [-0.1, -0.05) is 12.1 Å². The van der Waals surface area contributed by atoms with Crippen molar-refractivity contribution in [2.75, 3.05) is 7.05 Å². The summed E-state index contributed by atoms with van der Waals surface area (Å²) < 4.78 is 0. The lowest BCUT2D eigenvalue weighted by molar-refractivity contribution is 0.0607. The first kappa shape index (κ1) is 11.1. The van der Waals surface area contributed by atoms with Crippen molar-refractivity contribution in [3.8, 4) is 0 Å². The molecule has 0 aliphatic heterocycles. The second-order valence-corrected chi connectivity index (χ2v) is 5.89. The van der Waals surface area contributed by atoms with Crippen LogP contribution in [0.4, 0.5) is 0 Å². The topological polar surface area (TPSA) is 41.5 Å².